The van der Waals surface area contributed by atoms with Gasteiger partial charge in [0.05, 0.1) is 6.61 Å². The lowest BCUT2D eigenvalue weighted by atomic mass is 10.1. The highest BCUT2D eigenvalue weighted by atomic mass is 16.6. The lowest BCUT2D eigenvalue weighted by molar-refractivity contribution is -0.151. The van der Waals surface area contributed by atoms with Crippen LogP contribution < -0.4 is 0 Å². The Kier molecular flexibility index (Phi) is 9.41. The van der Waals surface area contributed by atoms with Gasteiger partial charge in [-0.1, -0.05) is 51.9 Å². The van der Waals surface area contributed by atoms with Crippen LogP contribution in [0.15, 0.2) is 11.5 Å². The van der Waals surface area contributed by atoms with Crippen LogP contribution in [0.25, 0.3) is 0 Å². The molecule has 0 aromatic carbocycles. The minimum absolute atomic E-state index is 0.155. The van der Waals surface area contributed by atoms with E-state index in [9.17, 15) is 19.8 Å². The Bertz CT molecular complexity index is 444. The number of hydrogen-bond acceptors (Lipinski definition) is 7. The fourth-order valence-electron chi connectivity index (χ4n) is 2.49. The molecule has 7 nitrogen and oxygen atoms in total. The Hall–Kier alpha value is -1.60. The second-order valence-corrected chi connectivity index (χ2v) is 5.99. The standard InChI is InChI=1S/C17H28O7/c1-2-3-4-5-6-7-8-9-10-13(20)23-16-14(21)17(22)24-15(16)12(19)11-18/h12,15,18-19,21H,2-11H2,1H3/t12-,15+/m0/s1. The van der Waals surface area contributed by atoms with Crippen LogP contribution in [0.1, 0.15) is 64.7 Å². The lowest BCUT2D eigenvalue weighted by Gasteiger charge is -2.17. The van der Waals surface area contributed by atoms with Crippen LogP contribution in [0, 0.1) is 0 Å². The van der Waals surface area contributed by atoms with Crippen LogP contribution in [0.2, 0.25) is 0 Å². The SMILES string of the molecule is CCCCCCCCCCC(=O)OC1=C(O)C(=O)O[C@@H]1[C@@H](O)CO. The molecule has 1 aliphatic rings. The molecule has 0 radical (unpaired) electrons. The van der Waals surface area contributed by atoms with Crippen molar-refractivity contribution in [2.75, 3.05) is 6.61 Å². The summed E-state index contributed by atoms with van der Waals surface area (Å²) in [4.78, 5) is 23.1. The van der Waals surface area contributed by atoms with Gasteiger partial charge in [-0.3, -0.25) is 4.79 Å². The van der Waals surface area contributed by atoms with Crippen molar-refractivity contribution < 1.29 is 34.4 Å². The summed E-state index contributed by atoms with van der Waals surface area (Å²) in [7, 11) is 0. The smallest absolute Gasteiger partial charge is 0.378 e. The van der Waals surface area contributed by atoms with E-state index in [4.69, 9.17) is 9.84 Å². The van der Waals surface area contributed by atoms with E-state index in [1.54, 1.807) is 0 Å². The first kappa shape index (κ1) is 20.4. The lowest BCUT2D eigenvalue weighted by Crippen LogP contribution is -2.33. The normalized spacial score (nSPS) is 18.6. The summed E-state index contributed by atoms with van der Waals surface area (Å²) in [6.45, 7) is 1.48. The molecule has 7 heteroatoms. The van der Waals surface area contributed by atoms with E-state index in [1.165, 1.54) is 25.7 Å². The fraction of sp³-hybridized carbons (Fsp3) is 0.765. The van der Waals surface area contributed by atoms with Crippen LogP contribution >= 0.6 is 0 Å². The molecule has 1 aliphatic heterocycles. The molecule has 0 fully saturated rings. The van der Waals surface area contributed by atoms with Gasteiger partial charge in [-0.2, -0.15) is 0 Å². The summed E-state index contributed by atoms with van der Waals surface area (Å²) in [6, 6.07) is 0. The van der Waals surface area contributed by atoms with Crippen molar-refractivity contribution in [3.63, 3.8) is 0 Å². The van der Waals surface area contributed by atoms with Crippen molar-refractivity contribution >= 4 is 11.9 Å². The summed E-state index contributed by atoms with van der Waals surface area (Å²) in [6.07, 6.45) is 6.03. The van der Waals surface area contributed by atoms with Gasteiger partial charge in [0.1, 0.15) is 6.10 Å². The van der Waals surface area contributed by atoms with Crippen molar-refractivity contribution in [3.8, 4) is 0 Å². The summed E-state index contributed by atoms with van der Waals surface area (Å²) < 4.78 is 9.64. The Morgan fingerprint density at radius 3 is 2.33 bits per heavy atom. The summed E-state index contributed by atoms with van der Waals surface area (Å²) in [5, 5.41) is 28.0. The maximum Gasteiger partial charge on any atom is 0.378 e. The minimum atomic E-state index is -1.45. The first-order valence-corrected chi connectivity index (χ1v) is 8.65. The molecule has 0 bridgehead atoms. The molecule has 0 amide bonds. The minimum Gasteiger partial charge on any atom is -0.499 e. The van der Waals surface area contributed by atoms with E-state index in [2.05, 4.69) is 11.7 Å². The Balaban J connectivity index is 2.29. The summed E-state index contributed by atoms with van der Waals surface area (Å²) >= 11 is 0. The largest absolute Gasteiger partial charge is 0.499 e. The molecule has 3 N–H and O–H groups in total. The van der Waals surface area contributed by atoms with Gasteiger partial charge in [-0.05, 0) is 6.42 Å². The van der Waals surface area contributed by atoms with Crippen molar-refractivity contribution in [2.45, 2.75) is 76.9 Å². The molecule has 1 heterocycles. The second-order valence-electron chi connectivity index (χ2n) is 5.99. The number of carbonyl (C=O) groups excluding carboxylic acids is 2. The molecular formula is C17H28O7. The van der Waals surface area contributed by atoms with Crippen LogP contribution in [0.3, 0.4) is 0 Å². The molecule has 0 aromatic rings. The van der Waals surface area contributed by atoms with Gasteiger partial charge < -0.3 is 24.8 Å². The third-order valence-electron chi connectivity index (χ3n) is 3.91. The third-order valence-corrected chi connectivity index (χ3v) is 3.91. The van der Waals surface area contributed by atoms with E-state index in [0.717, 1.165) is 19.3 Å². The number of aliphatic hydroxyl groups is 3. The third kappa shape index (κ3) is 6.49. The molecule has 0 saturated carbocycles. The zero-order chi connectivity index (χ0) is 17.9. The van der Waals surface area contributed by atoms with Crippen molar-refractivity contribution in [2.24, 2.45) is 0 Å². The molecule has 0 spiro atoms. The quantitative estimate of drug-likeness (QED) is 0.367. The molecular weight excluding hydrogens is 316 g/mol. The monoisotopic (exact) mass is 344 g/mol. The van der Waals surface area contributed by atoms with Gasteiger partial charge in [-0.25, -0.2) is 4.79 Å². The maximum absolute atomic E-state index is 11.8. The van der Waals surface area contributed by atoms with E-state index in [-0.39, 0.29) is 6.42 Å². The van der Waals surface area contributed by atoms with Gasteiger partial charge in [0, 0.05) is 6.42 Å². The van der Waals surface area contributed by atoms with E-state index >= 15 is 0 Å². The molecule has 0 aromatic heterocycles. The van der Waals surface area contributed by atoms with E-state index < -0.39 is 42.3 Å². The van der Waals surface area contributed by atoms with Crippen molar-refractivity contribution in [3.05, 3.63) is 11.5 Å². The van der Waals surface area contributed by atoms with Gasteiger partial charge in [0.25, 0.3) is 0 Å². The highest BCUT2D eigenvalue weighted by Crippen LogP contribution is 2.25. The number of cyclic esters (lactones) is 1. The number of hydrogen-bond donors (Lipinski definition) is 3. The molecule has 0 saturated heterocycles. The molecule has 2 atom stereocenters. The predicted molar refractivity (Wildman–Crippen MR) is 85.9 cm³/mol. The first-order chi connectivity index (χ1) is 11.5. The van der Waals surface area contributed by atoms with Gasteiger partial charge in [0.15, 0.2) is 6.10 Å². The number of aliphatic hydroxyl groups excluding tert-OH is 3. The first-order valence-electron chi connectivity index (χ1n) is 8.65. The number of carbonyl (C=O) groups is 2. The zero-order valence-electron chi connectivity index (χ0n) is 14.2. The van der Waals surface area contributed by atoms with Gasteiger partial charge in [0.2, 0.25) is 11.5 Å². The number of ether oxygens (including phenoxy) is 2. The van der Waals surface area contributed by atoms with Crippen molar-refractivity contribution in [1.29, 1.82) is 0 Å². The van der Waals surface area contributed by atoms with Crippen molar-refractivity contribution in [1.82, 2.24) is 0 Å². The van der Waals surface area contributed by atoms with E-state index in [1.807, 2.05) is 0 Å². The Morgan fingerprint density at radius 2 is 1.75 bits per heavy atom. The molecule has 138 valence electrons. The average Bonchev–Trinajstić information content (AvgIpc) is 2.85. The Labute approximate surface area is 142 Å². The van der Waals surface area contributed by atoms with Gasteiger partial charge in [-0.15, -0.1) is 0 Å². The molecule has 1 rings (SSSR count). The number of rotatable bonds is 12. The van der Waals surface area contributed by atoms with Crippen LogP contribution in [-0.2, 0) is 19.1 Å². The highest BCUT2D eigenvalue weighted by molar-refractivity contribution is 5.90. The number of esters is 2. The second kappa shape index (κ2) is 11.0. The molecule has 0 unspecified atom stereocenters. The maximum atomic E-state index is 11.8. The zero-order valence-corrected chi connectivity index (χ0v) is 14.2. The summed E-state index contributed by atoms with van der Waals surface area (Å²) in [5.74, 6) is -2.94. The summed E-state index contributed by atoms with van der Waals surface area (Å²) in [5.41, 5.74) is 0. The topological polar surface area (TPSA) is 113 Å². The highest BCUT2D eigenvalue weighted by Gasteiger charge is 2.41. The Morgan fingerprint density at radius 1 is 1.17 bits per heavy atom. The van der Waals surface area contributed by atoms with Crippen LogP contribution in [0.5, 0.6) is 0 Å². The fourth-order valence-corrected chi connectivity index (χ4v) is 2.49. The number of unbranched alkanes of at least 4 members (excludes halogenated alkanes) is 7. The van der Waals surface area contributed by atoms with Gasteiger partial charge >= 0.3 is 11.9 Å². The van der Waals surface area contributed by atoms with Crippen LogP contribution in [0.4, 0.5) is 0 Å². The predicted octanol–water partition coefficient (Wildman–Crippen LogP) is 2.11. The average molecular weight is 344 g/mol. The molecule has 24 heavy (non-hydrogen) atoms. The van der Waals surface area contributed by atoms with Crippen LogP contribution in [-0.4, -0.2) is 46.1 Å². The van der Waals surface area contributed by atoms with E-state index in [0.29, 0.717) is 6.42 Å². The molecule has 0 aliphatic carbocycles.